The number of benzene rings is 1. The van der Waals surface area contributed by atoms with Gasteiger partial charge in [0.25, 0.3) is 0 Å². The number of rotatable bonds is 1. The lowest BCUT2D eigenvalue weighted by molar-refractivity contribution is 1.32. The van der Waals surface area contributed by atoms with Gasteiger partial charge in [-0.05, 0) is 18.2 Å². The Balaban J connectivity index is 2.65. The Hall–Kier alpha value is -1.76. The van der Waals surface area contributed by atoms with Gasteiger partial charge in [-0.1, -0.05) is 29.3 Å². The van der Waals surface area contributed by atoms with Crippen molar-refractivity contribution in [2.24, 2.45) is 0 Å². The standard InChI is InChI=1S/C12H7Cl2N3/c13-8-1-2-9(11(14)4-8)10-6-17-12(16)3-7(10)5-15/h1-4,6H,(H2,16,17). The second-order valence-electron chi connectivity index (χ2n) is 3.39. The predicted molar refractivity (Wildman–Crippen MR) is 68.8 cm³/mol. The Morgan fingerprint density at radius 3 is 2.59 bits per heavy atom. The second kappa shape index (κ2) is 4.62. The quantitative estimate of drug-likeness (QED) is 0.857. The molecule has 84 valence electrons. The molecule has 1 heterocycles. The van der Waals surface area contributed by atoms with E-state index in [0.29, 0.717) is 32.6 Å². The van der Waals surface area contributed by atoms with Crippen molar-refractivity contribution >= 4 is 29.0 Å². The molecule has 0 aliphatic carbocycles. The van der Waals surface area contributed by atoms with Crippen molar-refractivity contribution in [1.29, 1.82) is 5.26 Å². The SMILES string of the molecule is N#Cc1cc(N)ncc1-c1ccc(Cl)cc1Cl. The summed E-state index contributed by atoms with van der Waals surface area (Å²) >= 11 is 11.9. The minimum Gasteiger partial charge on any atom is -0.384 e. The van der Waals surface area contributed by atoms with E-state index in [4.69, 9.17) is 34.2 Å². The Bertz CT molecular complexity index is 618. The largest absolute Gasteiger partial charge is 0.384 e. The van der Waals surface area contributed by atoms with Gasteiger partial charge in [-0.3, -0.25) is 0 Å². The zero-order valence-electron chi connectivity index (χ0n) is 8.61. The molecular formula is C12H7Cl2N3. The molecule has 2 rings (SSSR count). The Labute approximate surface area is 108 Å². The van der Waals surface area contributed by atoms with Crippen LogP contribution in [0.1, 0.15) is 5.56 Å². The highest BCUT2D eigenvalue weighted by Crippen LogP contribution is 2.32. The zero-order valence-corrected chi connectivity index (χ0v) is 10.1. The fraction of sp³-hybridized carbons (Fsp3) is 0. The van der Waals surface area contributed by atoms with Gasteiger partial charge in [0.05, 0.1) is 11.6 Å². The smallest absolute Gasteiger partial charge is 0.124 e. The molecule has 2 N–H and O–H groups in total. The van der Waals surface area contributed by atoms with E-state index < -0.39 is 0 Å². The van der Waals surface area contributed by atoms with E-state index in [0.717, 1.165) is 0 Å². The maximum absolute atomic E-state index is 9.05. The minimum atomic E-state index is 0.301. The Morgan fingerprint density at radius 2 is 1.94 bits per heavy atom. The number of anilines is 1. The molecule has 0 aliphatic heterocycles. The van der Waals surface area contributed by atoms with Gasteiger partial charge in [0.2, 0.25) is 0 Å². The summed E-state index contributed by atoms with van der Waals surface area (Å²) in [5.41, 5.74) is 7.31. The van der Waals surface area contributed by atoms with Crippen molar-refractivity contribution in [3.63, 3.8) is 0 Å². The summed E-state index contributed by atoms with van der Waals surface area (Å²) in [5.74, 6) is 0.301. The molecule has 3 nitrogen and oxygen atoms in total. The Morgan fingerprint density at radius 1 is 1.18 bits per heavy atom. The van der Waals surface area contributed by atoms with Crippen molar-refractivity contribution in [2.45, 2.75) is 0 Å². The molecule has 0 saturated carbocycles. The molecule has 0 aliphatic rings. The maximum atomic E-state index is 9.05. The highest BCUT2D eigenvalue weighted by Gasteiger charge is 2.10. The monoisotopic (exact) mass is 263 g/mol. The first-order valence-corrected chi connectivity index (χ1v) is 5.48. The van der Waals surface area contributed by atoms with Crippen molar-refractivity contribution in [2.75, 3.05) is 5.73 Å². The van der Waals surface area contributed by atoms with Crippen molar-refractivity contribution in [1.82, 2.24) is 4.98 Å². The van der Waals surface area contributed by atoms with Gasteiger partial charge < -0.3 is 5.73 Å². The van der Waals surface area contributed by atoms with Gasteiger partial charge in [-0.25, -0.2) is 4.98 Å². The highest BCUT2D eigenvalue weighted by molar-refractivity contribution is 6.36. The van der Waals surface area contributed by atoms with Gasteiger partial charge in [0.1, 0.15) is 5.82 Å². The average molecular weight is 264 g/mol. The van der Waals surface area contributed by atoms with Gasteiger partial charge in [-0.15, -0.1) is 0 Å². The van der Waals surface area contributed by atoms with Gasteiger partial charge in [0.15, 0.2) is 0 Å². The van der Waals surface area contributed by atoms with Crippen LogP contribution in [0.4, 0.5) is 5.82 Å². The van der Waals surface area contributed by atoms with Crippen molar-refractivity contribution < 1.29 is 0 Å². The summed E-state index contributed by atoms with van der Waals surface area (Å²) < 4.78 is 0. The summed E-state index contributed by atoms with van der Waals surface area (Å²) in [6.45, 7) is 0. The second-order valence-corrected chi connectivity index (χ2v) is 4.23. The third-order valence-corrected chi connectivity index (χ3v) is 2.81. The van der Waals surface area contributed by atoms with Gasteiger partial charge in [0, 0.05) is 27.4 Å². The summed E-state index contributed by atoms with van der Waals surface area (Å²) in [6.07, 6.45) is 1.53. The number of nitrogens with two attached hydrogens (primary N) is 1. The Kier molecular flexibility index (Phi) is 3.19. The van der Waals surface area contributed by atoms with Crippen LogP contribution < -0.4 is 5.73 Å². The summed E-state index contributed by atoms with van der Waals surface area (Å²) in [4.78, 5) is 3.96. The lowest BCUT2D eigenvalue weighted by Gasteiger charge is -2.07. The lowest BCUT2D eigenvalue weighted by Crippen LogP contribution is -1.93. The van der Waals surface area contributed by atoms with E-state index in [1.54, 1.807) is 18.2 Å². The van der Waals surface area contributed by atoms with Crippen LogP contribution in [0.25, 0.3) is 11.1 Å². The summed E-state index contributed by atoms with van der Waals surface area (Å²) in [6, 6.07) is 8.66. The highest BCUT2D eigenvalue weighted by atomic mass is 35.5. The van der Waals surface area contributed by atoms with E-state index in [9.17, 15) is 0 Å². The molecule has 5 heteroatoms. The molecule has 0 bridgehead atoms. The van der Waals surface area contributed by atoms with E-state index in [1.807, 2.05) is 0 Å². The first-order valence-electron chi connectivity index (χ1n) is 4.73. The third-order valence-electron chi connectivity index (χ3n) is 2.27. The number of nitrogen functional groups attached to an aromatic ring is 1. The number of halogens is 2. The van der Waals surface area contributed by atoms with Crippen LogP contribution in [0.5, 0.6) is 0 Å². The number of hydrogen-bond donors (Lipinski definition) is 1. The van der Waals surface area contributed by atoms with E-state index in [2.05, 4.69) is 11.1 Å². The van der Waals surface area contributed by atoms with Crippen LogP contribution in [-0.4, -0.2) is 4.98 Å². The molecule has 0 unspecified atom stereocenters. The summed E-state index contributed by atoms with van der Waals surface area (Å²) in [7, 11) is 0. The molecule has 0 saturated heterocycles. The zero-order chi connectivity index (χ0) is 12.4. The molecule has 0 spiro atoms. The van der Waals surface area contributed by atoms with E-state index >= 15 is 0 Å². The third kappa shape index (κ3) is 2.33. The van der Waals surface area contributed by atoms with Crippen molar-refractivity contribution in [3.8, 4) is 17.2 Å². The number of nitriles is 1. The van der Waals surface area contributed by atoms with Crippen LogP contribution in [0.15, 0.2) is 30.5 Å². The van der Waals surface area contributed by atoms with Gasteiger partial charge >= 0.3 is 0 Å². The molecule has 0 fully saturated rings. The minimum absolute atomic E-state index is 0.301. The fourth-order valence-electron chi connectivity index (χ4n) is 1.49. The predicted octanol–water partition coefficient (Wildman–Crippen LogP) is 3.51. The topological polar surface area (TPSA) is 62.7 Å². The molecular weight excluding hydrogens is 257 g/mol. The first kappa shape index (κ1) is 11.7. The normalized spacial score (nSPS) is 9.94. The lowest BCUT2D eigenvalue weighted by atomic mass is 10.0. The number of hydrogen-bond acceptors (Lipinski definition) is 3. The van der Waals surface area contributed by atoms with Crippen LogP contribution in [0.3, 0.4) is 0 Å². The van der Waals surface area contributed by atoms with Crippen molar-refractivity contribution in [3.05, 3.63) is 46.1 Å². The van der Waals surface area contributed by atoms with Crippen LogP contribution in [0.2, 0.25) is 10.0 Å². The van der Waals surface area contributed by atoms with Crippen LogP contribution >= 0.6 is 23.2 Å². The molecule has 2 aromatic rings. The number of aromatic nitrogens is 1. The molecule has 1 aromatic carbocycles. The average Bonchev–Trinajstić information content (AvgIpc) is 2.30. The molecule has 0 radical (unpaired) electrons. The fourth-order valence-corrected chi connectivity index (χ4v) is 2.00. The van der Waals surface area contributed by atoms with Crippen LogP contribution in [-0.2, 0) is 0 Å². The maximum Gasteiger partial charge on any atom is 0.124 e. The first-order chi connectivity index (χ1) is 8.11. The van der Waals surface area contributed by atoms with E-state index in [-0.39, 0.29) is 0 Å². The molecule has 0 atom stereocenters. The summed E-state index contributed by atoms with van der Waals surface area (Å²) in [5, 5.41) is 10.1. The molecule has 17 heavy (non-hydrogen) atoms. The number of pyridine rings is 1. The van der Waals surface area contributed by atoms with E-state index in [1.165, 1.54) is 12.3 Å². The van der Waals surface area contributed by atoms with Crippen LogP contribution in [0, 0.1) is 11.3 Å². The van der Waals surface area contributed by atoms with Gasteiger partial charge in [-0.2, -0.15) is 5.26 Å². The molecule has 1 aromatic heterocycles. The molecule has 0 amide bonds. The number of nitrogens with zero attached hydrogens (tertiary/aromatic N) is 2.